The van der Waals surface area contributed by atoms with E-state index in [0.29, 0.717) is 6.54 Å². The summed E-state index contributed by atoms with van der Waals surface area (Å²) in [5.74, 6) is 0.233. The summed E-state index contributed by atoms with van der Waals surface area (Å²) < 4.78 is 1.87. The van der Waals surface area contributed by atoms with E-state index in [-0.39, 0.29) is 12.0 Å². The first kappa shape index (κ1) is 16.1. The molecule has 3 heterocycles. The predicted molar refractivity (Wildman–Crippen MR) is 95.4 cm³/mol. The van der Waals surface area contributed by atoms with E-state index in [0.717, 1.165) is 36.6 Å². The summed E-state index contributed by atoms with van der Waals surface area (Å²) in [6.45, 7) is 4.43. The molecule has 0 amide bonds. The van der Waals surface area contributed by atoms with Crippen molar-refractivity contribution in [2.75, 3.05) is 13.1 Å². The maximum atomic E-state index is 10.4. The average molecular weight is 337 g/mol. The molecule has 1 fully saturated rings. The van der Waals surface area contributed by atoms with Crippen LogP contribution in [0.25, 0.3) is 5.69 Å². The number of benzene rings is 1. The molecule has 0 radical (unpaired) electrons. The van der Waals surface area contributed by atoms with E-state index in [1.54, 1.807) is 6.20 Å². The van der Waals surface area contributed by atoms with E-state index in [1.165, 1.54) is 5.56 Å². The second kappa shape index (κ2) is 6.82. The zero-order valence-corrected chi connectivity index (χ0v) is 14.3. The minimum Gasteiger partial charge on any atom is -0.391 e. The predicted octanol–water partition coefficient (Wildman–Crippen LogP) is 1.94. The number of aromatic nitrogens is 4. The topological polar surface area (TPSA) is 70.0 Å². The Hall–Kier alpha value is -2.44. The number of H-pyrrole nitrogens is 1. The van der Waals surface area contributed by atoms with E-state index >= 15 is 0 Å². The molecule has 0 bridgehead atoms. The summed E-state index contributed by atoms with van der Waals surface area (Å²) >= 11 is 0. The molecule has 1 aliphatic heterocycles. The van der Waals surface area contributed by atoms with Crippen LogP contribution >= 0.6 is 0 Å². The Morgan fingerprint density at radius 1 is 1.24 bits per heavy atom. The van der Waals surface area contributed by atoms with Gasteiger partial charge in [0, 0.05) is 43.6 Å². The lowest BCUT2D eigenvalue weighted by atomic mass is 10.0. The molecule has 4 rings (SSSR count). The normalized spacial score (nSPS) is 21.0. The van der Waals surface area contributed by atoms with Crippen LogP contribution in [0.3, 0.4) is 0 Å². The molecule has 25 heavy (non-hydrogen) atoms. The lowest BCUT2D eigenvalue weighted by Crippen LogP contribution is -2.21. The smallest absolute Gasteiger partial charge is 0.0711 e. The van der Waals surface area contributed by atoms with Gasteiger partial charge in [-0.2, -0.15) is 10.2 Å². The SMILES string of the molecule is Cc1cc(C[C@@H]2CN(Cc3cccc(-n4cccn4)c3)C[C@H]2O)n[nH]1. The molecule has 1 aromatic carbocycles. The van der Waals surface area contributed by atoms with Crippen molar-refractivity contribution in [2.24, 2.45) is 5.92 Å². The molecule has 0 saturated carbocycles. The summed E-state index contributed by atoms with van der Waals surface area (Å²) in [6, 6.07) is 12.4. The largest absolute Gasteiger partial charge is 0.391 e. The number of hydrogen-bond acceptors (Lipinski definition) is 4. The Bertz CT molecular complexity index is 826. The third-order valence-corrected chi connectivity index (χ3v) is 4.80. The monoisotopic (exact) mass is 337 g/mol. The van der Waals surface area contributed by atoms with Crippen molar-refractivity contribution in [3.8, 4) is 5.69 Å². The number of aromatic amines is 1. The van der Waals surface area contributed by atoms with E-state index in [2.05, 4.69) is 50.5 Å². The fraction of sp³-hybridized carbons (Fsp3) is 0.368. The molecule has 2 atom stereocenters. The number of likely N-dealkylation sites (tertiary alicyclic amines) is 1. The zero-order chi connectivity index (χ0) is 17.2. The third kappa shape index (κ3) is 3.65. The molecule has 1 aliphatic rings. The van der Waals surface area contributed by atoms with Crippen molar-refractivity contribution in [1.29, 1.82) is 0 Å². The molecule has 130 valence electrons. The molecule has 1 saturated heterocycles. The number of aliphatic hydroxyl groups excluding tert-OH is 1. The standard InChI is InChI=1S/C19H23N5O/c1-14-8-17(22-21-14)10-16-12-23(13-19(16)25)11-15-4-2-5-18(9-15)24-7-3-6-20-24/h2-9,16,19,25H,10-13H2,1H3,(H,21,22)/t16-,19-/m1/s1. The molecule has 0 spiro atoms. The maximum absolute atomic E-state index is 10.4. The molecule has 2 aromatic heterocycles. The maximum Gasteiger partial charge on any atom is 0.0711 e. The Morgan fingerprint density at radius 3 is 2.92 bits per heavy atom. The second-order valence-corrected chi connectivity index (χ2v) is 6.89. The van der Waals surface area contributed by atoms with Crippen molar-refractivity contribution in [3.05, 3.63) is 65.7 Å². The van der Waals surface area contributed by atoms with Gasteiger partial charge in [0.25, 0.3) is 0 Å². The Morgan fingerprint density at radius 2 is 2.16 bits per heavy atom. The summed E-state index contributed by atoms with van der Waals surface area (Å²) in [5.41, 5.74) is 4.39. The van der Waals surface area contributed by atoms with Crippen LogP contribution in [-0.4, -0.2) is 49.2 Å². The molecule has 0 unspecified atom stereocenters. The molecule has 6 heteroatoms. The highest BCUT2D eigenvalue weighted by atomic mass is 16.3. The average Bonchev–Trinajstić information content (AvgIpc) is 3.32. The van der Waals surface area contributed by atoms with Crippen molar-refractivity contribution in [1.82, 2.24) is 24.9 Å². The van der Waals surface area contributed by atoms with Crippen LogP contribution in [0.1, 0.15) is 17.0 Å². The van der Waals surface area contributed by atoms with Gasteiger partial charge in [0.05, 0.1) is 17.5 Å². The number of rotatable bonds is 5. The molecule has 6 nitrogen and oxygen atoms in total. The summed E-state index contributed by atoms with van der Waals surface area (Å²) in [6.07, 6.45) is 4.24. The van der Waals surface area contributed by atoms with E-state index in [4.69, 9.17) is 0 Å². The van der Waals surface area contributed by atoms with Crippen LogP contribution in [0.2, 0.25) is 0 Å². The highest BCUT2D eigenvalue weighted by Gasteiger charge is 2.31. The van der Waals surface area contributed by atoms with E-state index in [9.17, 15) is 5.11 Å². The van der Waals surface area contributed by atoms with E-state index < -0.39 is 0 Å². The lowest BCUT2D eigenvalue weighted by molar-refractivity contribution is 0.140. The first-order valence-corrected chi connectivity index (χ1v) is 8.67. The van der Waals surface area contributed by atoms with Gasteiger partial charge < -0.3 is 5.11 Å². The summed E-state index contributed by atoms with van der Waals surface area (Å²) in [7, 11) is 0. The minimum atomic E-state index is -0.300. The highest BCUT2D eigenvalue weighted by Crippen LogP contribution is 2.23. The van der Waals surface area contributed by atoms with Crippen molar-refractivity contribution in [2.45, 2.75) is 26.0 Å². The van der Waals surface area contributed by atoms with Crippen molar-refractivity contribution in [3.63, 3.8) is 0 Å². The summed E-state index contributed by atoms with van der Waals surface area (Å²) in [5, 5.41) is 22.0. The first-order valence-electron chi connectivity index (χ1n) is 8.67. The Labute approximate surface area is 147 Å². The third-order valence-electron chi connectivity index (χ3n) is 4.80. The lowest BCUT2D eigenvalue weighted by Gasteiger charge is -2.16. The van der Waals surface area contributed by atoms with Crippen LogP contribution in [0.4, 0.5) is 0 Å². The van der Waals surface area contributed by atoms with Gasteiger partial charge >= 0.3 is 0 Å². The van der Waals surface area contributed by atoms with Gasteiger partial charge in [-0.3, -0.25) is 10.00 Å². The zero-order valence-electron chi connectivity index (χ0n) is 14.3. The fourth-order valence-electron chi connectivity index (χ4n) is 3.60. The van der Waals surface area contributed by atoms with Gasteiger partial charge in [0.2, 0.25) is 0 Å². The summed E-state index contributed by atoms with van der Waals surface area (Å²) in [4.78, 5) is 2.32. The molecular weight excluding hydrogens is 314 g/mol. The van der Waals surface area contributed by atoms with Crippen LogP contribution in [-0.2, 0) is 13.0 Å². The Balaban J connectivity index is 1.41. The van der Waals surface area contributed by atoms with Gasteiger partial charge in [0.15, 0.2) is 0 Å². The van der Waals surface area contributed by atoms with Gasteiger partial charge in [-0.15, -0.1) is 0 Å². The second-order valence-electron chi connectivity index (χ2n) is 6.89. The fourth-order valence-corrected chi connectivity index (χ4v) is 3.60. The molecule has 0 aliphatic carbocycles. The van der Waals surface area contributed by atoms with Crippen LogP contribution in [0.5, 0.6) is 0 Å². The van der Waals surface area contributed by atoms with E-state index in [1.807, 2.05) is 23.9 Å². The molecular formula is C19H23N5O. The first-order chi connectivity index (χ1) is 12.2. The number of nitrogens with one attached hydrogen (secondary N) is 1. The van der Waals surface area contributed by atoms with Crippen LogP contribution < -0.4 is 0 Å². The number of hydrogen-bond donors (Lipinski definition) is 2. The van der Waals surface area contributed by atoms with Gasteiger partial charge in [-0.1, -0.05) is 12.1 Å². The highest BCUT2D eigenvalue weighted by molar-refractivity contribution is 5.35. The molecule has 2 N–H and O–H groups in total. The molecule has 3 aromatic rings. The number of aryl methyl sites for hydroxylation is 1. The van der Waals surface area contributed by atoms with Crippen molar-refractivity contribution < 1.29 is 5.11 Å². The Kier molecular flexibility index (Phi) is 4.38. The quantitative estimate of drug-likeness (QED) is 0.746. The number of nitrogens with zero attached hydrogens (tertiary/aromatic N) is 4. The van der Waals surface area contributed by atoms with Gasteiger partial charge in [-0.05, 0) is 43.2 Å². The number of aliphatic hydroxyl groups is 1. The van der Waals surface area contributed by atoms with Crippen molar-refractivity contribution >= 4 is 0 Å². The minimum absolute atomic E-state index is 0.233. The number of β-amino-alcohol motifs (C(OH)–C–C–N with tert-alkyl or cyclic N) is 1. The van der Waals surface area contributed by atoms with Gasteiger partial charge in [0.1, 0.15) is 0 Å². The van der Waals surface area contributed by atoms with Crippen LogP contribution in [0, 0.1) is 12.8 Å². The van der Waals surface area contributed by atoms with Gasteiger partial charge in [-0.25, -0.2) is 4.68 Å². The van der Waals surface area contributed by atoms with Crippen LogP contribution in [0.15, 0.2) is 48.8 Å².